The quantitative estimate of drug-likeness (QED) is 0.0955. The maximum atomic E-state index is 5.91. The zero-order valence-corrected chi connectivity index (χ0v) is 52.2. The Morgan fingerprint density at radius 1 is 0.198 bits per heavy atom. The third-order valence-corrected chi connectivity index (χ3v) is 17.8. The molecule has 9 nitrogen and oxygen atoms in total. The van der Waals surface area contributed by atoms with E-state index < -0.39 is 0 Å². The predicted octanol–water partition coefficient (Wildman–Crippen LogP) is 23.3. The van der Waals surface area contributed by atoms with Crippen molar-refractivity contribution in [3.8, 4) is 34.4 Å². The lowest BCUT2D eigenvalue weighted by Gasteiger charge is -2.30. The molecule has 3 heterocycles. The lowest BCUT2D eigenvalue weighted by Crippen LogP contribution is -2.14. The van der Waals surface area contributed by atoms with Crippen molar-refractivity contribution in [3.63, 3.8) is 0 Å². The molecule has 0 amide bonds. The van der Waals surface area contributed by atoms with Crippen LogP contribution in [-0.4, -0.2) is 24.1 Å². The number of hydrogen-bond donors (Lipinski definition) is 0. The van der Waals surface area contributed by atoms with Crippen LogP contribution in [0.15, 0.2) is 370 Å². The lowest BCUT2D eigenvalue weighted by molar-refractivity contribution is 0.953. The molecule has 0 spiro atoms. The fourth-order valence-electron chi connectivity index (χ4n) is 13.6. The Hall–Kier alpha value is -13.1. The molecule has 0 saturated carbocycles. The molecule has 0 atom stereocenters. The highest BCUT2D eigenvalue weighted by molar-refractivity contribution is 6.23. The van der Waals surface area contributed by atoms with Crippen LogP contribution in [0.1, 0.15) is 0 Å². The normalized spacial score (nSPS) is 11.3. The molecule has 0 fully saturated rings. The number of aromatic nitrogens is 5. The van der Waals surface area contributed by atoms with Gasteiger partial charge in [-0.3, -0.25) is 4.57 Å². The van der Waals surface area contributed by atoms with Gasteiger partial charge in [-0.25, -0.2) is 4.98 Å². The second-order valence-electron chi connectivity index (χ2n) is 23.7. The summed E-state index contributed by atoms with van der Waals surface area (Å²) in [5, 5.41) is 4.40. The molecule has 0 saturated heterocycles. The standard InChI is InChI=1S/C87H61N9/c1-10-32-64(33-11-1)91(65-34-12-2-13-35-65)73-56-62(57-74(60-73)92(66-36-14-3-15-37-66)67-38-16-4-17-39-67)85-88-86(90-87(89-85)96-82-53-31-29-51-78(82)80-55-54-79-77-50-28-30-52-81(77)95(83(79)84(80)96)72-48-26-9-27-49-72)63-58-75(93(68-40-18-5-19-41-68)69-42-20-6-21-43-69)61-76(59-63)94(70-44-22-7-23-45-70)71-46-24-8-25-47-71/h1-61H. The lowest BCUT2D eigenvalue weighted by atomic mass is 10.1. The average molecular weight is 1230 g/mol. The SMILES string of the molecule is c1ccc(N(c2ccccc2)c2cc(-c3nc(-c4cc(N(c5ccccc5)c5ccccc5)cc(N(c5ccccc5)c5ccccc5)c4)nc(-n4c5ccccc5c5ccc6c7ccccc7n(-c7ccccc7)c6c54)n3)cc(N(c3ccccc3)c3ccccc3)c2)cc1. The Balaban J connectivity index is 1.02. The van der Waals surface area contributed by atoms with E-state index in [1.54, 1.807) is 0 Å². The number of hydrogen-bond acceptors (Lipinski definition) is 7. The zero-order chi connectivity index (χ0) is 63.7. The molecule has 0 aliphatic heterocycles. The number of nitrogens with zero attached hydrogens (tertiary/aromatic N) is 9. The summed E-state index contributed by atoms with van der Waals surface area (Å²) in [4.78, 5) is 26.9. The molecule has 0 radical (unpaired) electrons. The smallest absolute Gasteiger partial charge is 0.238 e. The van der Waals surface area contributed by atoms with Crippen molar-refractivity contribution < 1.29 is 0 Å². The van der Waals surface area contributed by atoms with Crippen molar-refractivity contribution in [2.24, 2.45) is 0 Å². The van der Waals surface area contributed by atoms with Crippen molar-refractivity contribution in [1.82, 2.24) is 24.1 Å². The van der Waals surface area contributed by atoms with Gasteiger partial charge < -0.3 is 24.2 Å². The summed E-state index contributed by atoms with van der Waals surface area (Å²) in [5.74, 6) is 1.40. The maximum Gasteiger partial charge on any atom is 0.238 e. The van der Waals surface area contributed by atoms with Crippen molar-refractivity contribution in [3.05, 3.63) is 370 Å². The summed E-state index contributed by atoms with van der Waals surface area (Å²) < 4.78 is 4.69. The molecule has 17 aromatic rings. The number of anilines is 12. The van der Waals surface area contributed by atoms with Gasteiger partial charge in [0.15, 0.2) is 11.6 Å². The molecule has 454 valence electrons. The van der Waals surface area contributed by atoms with Gasteiger partial charge >= 0.3 is 0 Å². The molecule has 17 rings (SSSR count). The van der Waals surface area contributed by atoms with E-state index in [4.69, 9.17) is 15.0 Å². The van der Waals surface area contributed by atoms with E-state index in [9.17, 15) is 0 Å². The first kappa shape index (κ1) is 56.8. The second kappa shape index (κ2) is 24.8. The molecule has 0 N–H and O–H groups in total. The van der Waals surface area contributed by atoms with E-state index in [2.05, 4.69) is 399 Å². The zero-order valence-electron chi connectivity index (χ0n) is 52.2. The third-order valence-electron chi connectivity index (χ3n) is 17.8. The summed E-state index contributed by atoms with van der Waals surface area (Å²) >= 11 is 0. The van der Waals surface area contributed by atoms with Gasteiger partial charge in [0.05, 0.1) is 22.1 Å². The Morgan fingerprint density at radius 2 is 0.448 bits per heavy atom. The minimum absolute atomic E-state index is 0.453. The largest absolute Gasteiger partial charge is 0.310 e. The molecule has 0 aliphatic rings. The maximum absolute atomic E-state index is 5.91. The number of benzene rings is 14. The van der Waals surface area contributed by atoms with Crippen LogP contribution >= 0.6 is 0 Å². The van der Waals surface area contributed by atoms with Crippen LogP contribution < -0.4 is 19.6 Å². The molecular weight excluding hydrogens is 1170 g/mol. The fraction of sp³-hybridized carbons (Fsp3) is 0. The van der Waals surface area contributed by atoms with E-state index in [-0.39, 0.29) is 0 Å². The third kappa shape index (κ3) is 10.5. The van der Waals surface area contributed by atoms with E-state index in [0.717, 1.165) is 129 Å². The summed E-state index contributed by atoms with van der Waals surface area (Å²) in [5.41, 5.74) is 18.2. The topological polar surface area (TPSA) is 61.5 Å². The molecule has 0 bridgehead atoms. The Labute approximate surface area is 556 Å². The highest BCUT2D eigenvalue weighted by Crippen LogP contribution is 2.47. The van der Waals surface area contributed by atoms with Gasteiger partial charge in [0.25, 0.3) is 0 Å². The van der Waals surface area contributed by atoms with Crippen molar-refractivity contribution >= 4 is 112 Å². The van der Waals surface area contributed by atoms with Crippen LogP contribution in [0.3, 0.4) is 0 Å². The van der Waals surface area contributed by atoms with Gasteiger partial charge in [0.2, 0.25) is 5.95 Å². The van der Waals surface area contributed by atoms with E-state index in [0.29, 0.717) is 17.6 Å². The molecule has 0 unspecified atom stereocenters. The first-order valence-electron chi connectivity index (χ1n) is 32.3. The average Bonchev–Trinajstić information content (AvgIpc) is 1.52. The summed E-state index contributed by atoms with van der Waals surface area (Å²) in [7, 11) is 0. The van der Waals surface area contributed by atoms with Crippen LogP contribution in [-0.2, 0) is 0 Å². The van der Waals surface area contributed by atoms with Crippen LogP contribution in [0.4, 0.5) is 68.2 Å². The van der Waals surface area contributed by atoms with Crippen molar-refractivity contribution in [1.29, 1.82) is 0 Å². The van der Waals surface area contributed by atoms with Gasteiger partial charge in [0.1, 0.15) is 0 Å². The van der Waals surface area contributed by atoms with Gasteiger partial charge in [-0.15, -0.1) is 0 Å². The van der Waals surface area contributed by atoms with Crippen LogP contribution in [0.5, 0.6) is 0 Å². The molecule has 0 aliphatic carbocycles. The minimum Gasteiger partial charge on any atom is -0.310 e. The minimum atomic E-state index is 0.453. The predicted molar refractivity (Wildman–Crippen MR) is 398 cm³/mol. The van der Waals surface area contributed by atoms with Gasteiger partial charge in [0, 0.05) is 107 Å². The van der Waals surface area contributed by atoms with E-state index in [1.165, 1.54) is 0 Å². The van der Waals surface area contributed by atoms with E-state index in [1.807, 2.05) is 0 Å². The number of para-hydroxylation sites is 11. The van der Waals surface area contributed by atoms with Crippen LogP contribution in [0.2, 0.25) is 0 Å². The van der Waals surface area contributed by atoms with Crippen LogP contribution in [0, 0.1) is 0 Å². The van der Waals surface area contributed by atoms with Crippen molar-refractivity contribution in [2.75, 3.05) is 19.6 Å². The van der Waals surface area contributed by atoms with E-state index >= 15 is 0 Å². The highest BCUT2D eigenvalue weighted by atomic mass is 15.2. The molecule has 9 heteroatoms. The highest BCUT2D eigenvalue weighted by Gasteiger charge is 2.27. The van der Waals surface area contributed by atoms with Gasteiger partial charge in [-0.1, -0.05) is 212 Å². The molecule has 3 aromatic heterocycles. The summed E-state index contributed by atoms with van der Waals surface area (Å²) in [6.45, 7) is 0. The Morgan fingerprint density at radius 3 is 0.750 bits per heavy atom. The number of rotatable bonds is 16. The molecular formula is C87H61N9. The first-order chi connectivity index (χ1) is 47.6. The second-order valence-corrected chi connectivity index (χ2v) is 23.7. The Kier molecular flexibility index (Phi) is 14.7. The number of fused-ring (bicyclic) bond motifs is 7. The van der Waals surface area contributed by atoms with Gasteiger partial charge in [-0.2, -0.15) is 9.97 Å². The van der Waals surface area contributed by atoms with Crippen LogP contribution in [0.25, 0.3) is 78.0 Å². The first-order valence-corrected chi connectivity index (χ1v) is 32.3. The van der Waals surface area contributed by atoms with Crippen molar-refractivity contribution in [2.45, 2.75) is 0 Å². The fourth-order valence-corrected chi connectivity index (χ4v) is 13.6. The van der Waals surface area contributed by atoms with Gasteiger partial charge in [-0.05, 0) is 158 Å². The molecule has 96 heavy (non-hydrogen) atoms. The Bertz CT molecular complexity index is 4990. The summed E-state index contributed by atoms with van der Waals surface area (Å²) in [6.07, 6.45) is 0. The monoisotopic (exact) mass is 1230 g/mol. The summed E-state index contributed by atoms with van der Waals surface area (Å²) in [6, 6.07) is 131. The molecule has 14 aromatic carbocycles.